The lowest BCUT2D eigenvalue weighted by atomic mass is 10.3. The van der Waals surface area contributed by atoms with Crippen LogP contribution >= 0.6 is 23.4 Å². The molecule has 8 heteroatoms. The van der Waals surface area contributed by atoms with Gasteiger partial charge in [-0.25, -0.2) is 4.98 Å². The monoisotopic (exact) mass is 352 g/mol. The van der Waals surface area contributed by atoms with Crippen molar-refractivity contribution in [3.8, 4) is 5.75 Å². The molecule has 1 amide bonds. The molecule has 6 nitrogen and oxygen atoms in total. The van der Waals surface area contributed by atoms with E-state index in [1.165, 1.54) is 11.8 Å². The maximum absolute atomic E-state index is 11.9. The standard InChI is InChI=1S/C15H17ClN4O2S/c1-9(14(21)17-11-4-5-11)23-15-18-13(19-20-15)8-22-12-6-2-10(16)3-7-12/h2-3,6-7,9,11H,4-5,8H2,1H3,(H,17,21)(H,18,19,20). The minimum Gasteiger partial charge on any atom is -0.486 e. The molecule has 2 N–H and O–H groups in total. The summed E-state index contributed by atoms with van der Waals surface area (Å²) in [7, 11) is 0. The summed E-state index contributed by atoms with van der Waals surface area (Å²) >= 11 is 7.15. The third-order valence-corrected chi connectivity index (χ3v) is 4.49. The van der Waals surface area contributed by atoms with Crippen molar-refractivity contribution in [2.75, 3.05) is 0 Å². The summed E-state index contributed by atoms with van der Waals surface area (Å²) in [5.74, 6) is 1.34. The van der Waals surface area contributed by atoms with Crippen LogP contribution in [0.25, 0.3) is 0 Å². The molecule has 1 aliphatic carbocycles. The van der Waals surface area contributed by atoms with Gasteiger partial charge >= 0.3 is 0 Å². The van der Waals surface area contributed by atoms with E-state index < -0.39 is 0 Å². The molecule has 0 radical (unpaired) electrons. The quantitative estimate of drug-likeness (QED) is 0.749. The third-order valence-electron chi connectivity index (χ3n) is 3.28. The molecule has 0 spiro atoms. The first-order valence-corrected chi connectivity index (χ1v) is 8.62. The maximum atomic E-state index is 11.9. The Bertz CT molecular complexity index is 672. The van der Waals surface area contributed by atoms with E-state index in [-0.39, 0.29) is 17.8 Å². The lowest BCUT2D eigenvalue weighted by molar-refractivity contribution is -0.120. The highest BCUT2D eigenvalue weighted by molar-refractivity contribution is 8.00. The Morgan fingerprint density at radius 1 is 1.48 bits per heavy atom. The number of aromatic amines is 1. The van der Waals surface area contributed by atoms with Crippen molar-refractivity contribution < 1.29 is 9.53 Å². The van der Waals surface area contributed by atoms with E-state index in [4.69, 9.17) is 16.3 Å². The molecule has 0 saturated heterocycles. The molecule has 23 heavy (non-hydrogen) atoms. The Hall–Kier alpha value is -1.73. The molecule has 3 rings (SSSR count). The van der Waals surface area contributed by atoms with Crippen LogP contribution in [0.2, 0.25) is 5.02 Å². The number of carbonyl (C=O) groups is 1. The van der Waals surface area contributed by atoms with E-state index >= 15 is 0 Å². The summed E-state index contributed by atoms with van der Waals surface area (Å²) in [6.07, 6.45) is 2.16. The fraction of sp³-hybridized carbons (Fsp3) is 0.400. The van der Waals surface area contributed by atoms with Gasteiger partial charge in [0, 0.05) is 11.1 Å². The molecule has 1 saturated carbocycles. The fourth-order valence-corrected chi connectivity index (χ4v) is 2.71. The molecular weight excluding hydrogens is 336 g/mol. The van der Waals surface area contributed by atoms with E-state index in [0.29, 0.717) is 27.8 Å². The van der Waals surface area contributed by atoms with Gasteiger partial charge in [-0.15, -0.1) is 5.10 Å². The Morgan fingerprint density at radius 3 is 2.91 bits per heavy atom. The first-order valence-electron chi connectivity index (χ1n) is 7.37. The highest BCUT2D eigenvalue weighted by atomic mass is 35.5. The molecule has 1 fully saturated rings. The number of hydrogen-bond donors (Lipinski definition) is 2. The molecule has 1 aliphatic rings. The normalized spacial score (nSPS) is 15.2. The van der Waals surface area contributed by atoms with Crippen LogP contribution in [-0.2, 0) is 11.4 Å². The predicted molar refractivity (Wildman–Crippen MR) is 88.7 cm³/mol. The SMILES string of the molecule is CC(Sc1n[nH]c(COc2ccc(Cl)cc2)n1)C(=O)NC1CC1. The Kier molecular flexibility index (Phi) is 5.07. The number of thioether (sulfide) groups is 1. The smallest absolute Gasteiger partial charge is 0.233 e. The molecule has 1 aromatic heterocycles. The largest absolute Gasteiger partial charge is 0.486 e. The Balaban J connectivity index is 1.49. The summed E-state index contributed by atoms with van der Waals surface area (Å²) < 4.78 is 5.59. The van der Waals surface area contributed by atoms with E-state index in [1.807, 2.05) is 6.92 Å². The predicted octanol–water partition coefficient (Wildman–Crippen LogP) is 2.80. The number of hydrogen-bond acceptors (Lipinski definition) is 5. The van der Waals surface area contributed by atoms with E-state index in [2.05, 4.69) is 20.5 Å². The van der Waals surface area contributed by atoms with Gasteiger partial charge in [0.25, 0.3) is 0 Å². The van der Waals surface area contributed by atoms with Crippen LogP contribution in [0.3, 0.4) is 0 Å². The molecule has 0 aliphatic heterocycles. The van der Waals surface area contributed by atoms with Crippen molar-refractivity contribution in [3.63, 3.8) is 0 Å². The average molecular weight is 353 g/mol. The average Bonchev–Trinajstić information content (AvgIpc) is 3.24. The summed E-state index contributed by atoms with van der Waals surface area (Å²) in [6.45, 7) is 2.13. The highest BCUT2D eigenvalue weighted by Crippen LogP contribution is 2.23. The Morgan fingerprint density at radius 2 is 2.22 bits per heavy atom. The molecule has 2 aromatic rings. The van der Waals surface area contributed by atoms with Crippen LogP contribution in [0, 0.1) is 0 Å². The van der Waals surface area contributed by atoms with Gasteiger partial charge in [-0.05, 0) is 44.0 Å². The van der Waals surface area contributed by atoms with E-state index in [1.54, 1.807) is 24.3 Å². The van der Waals surface area contributed by atoms with Crippen molar-refractivity contribution in [3.05, 3.63) is 35.1 Å². The summed E-state index contributed by atoms with van der Waals surface area (Å²) in [4.78, 5) is 16.2. The van der Waals surface area contributed by atoms with Gasteiger partial charge in [0.05, 0.1) is 5.25 Å². The zero-order valence-corrected chi connectivity index (χ0v) is 14.2. The summed E-state index contributed by atoms with van der Waals surface area (Å²) in [6, 6.07) is 7.47. The number of ether oxygens (including phenoxy) is 1. The Labute approximate surface area is 143 Å². The van der Waals surface area contributed by atoms with Crippen molar-refractivity contribution in [1.82, 2.24) is 20.5 Å². The minimum absolute atomic E-state index is 0.0289. The van der Waals surface area contributed by atoms with Crippen molar-refractivity contribution in [2.45, 2.75) is 42.8 Å². The number of amides is 1. The fourth-order valence-electron chi connectivity index (χ4n) is 1.84. The van der Waals surface area contributed by atoms with Crippen LogP contribution in [0.4, 0.5) is 0 Å². The highest BCUT2D eigenvalue weighted by Gasteiger charge is 2.26. The first-order chi connectivity index (χ1) is 11.1. The topological polar surface area (TPSA) is 79.9 Å². The van der Waals surface area contributed by atoms with Gasteiger partial charge < -0.3 is 10.1 Å². The third kappa shape index (κ3) is 4.87. The number of nitrogens with one attached hydrogen (secondary N) is 2. The van der Waals surface area contributed by atoms with Gasteiger partial charge in [-0.2, -0.15) is 0 Å². The zero-order valence-electron chi connectivity index (χ0n) is 12.6. The second-order valence-corrected chi connectivity index (χ2v) is 7.09. The van der Waals surface area contributed by atoms with Crippen LogP contribution in [0.5, 0.6) is 5.75 Å². The molecule has 1 unspecified atom stereocenters. The second kappa shape index (κ2) is 7.23. The van der Waals surface area contributed by atoms with Crippen LogP contribution in [0.1, 0.15) is 25.6 Å². The van der Waals surface area contributed by atoms with Gasteiger partial charge in [0.15, 0.2) is 5.82 Å². The maximum Gasteiger partial charge on any atom is 0.233 e. The summed E-state index contributed by atoms with van der Waals surface area (Å²) in [5.41, 5.74) is 0. The van der Waals surface area contributed by atoms with Gasteiger partial charge in [0.1, 0.15) is 12.4 Å². The van der Waals surface area contributed by atoms with Crippen molar-refractivity contribution in [1.29, 1.82) is 0 Å². The molecule has 1 heterocycles. The second-order valence-electron chi connectivity index (χ2n) is 5.35. The number of H-pyrrole nitrogens is 1. The number of benzene rings is 1. The van der Waals surface area contributed by atoms with Crippen molar-refractivity contribution in [2.24, 2.45) is 0 Å². The van der Waals surface area contributed by atoms with Crippen LogP contribution in [-0.4, -0.2) is 32.4 Å². The van der Waals surface area contributed by atoms with E-state index in [0.717, 1.165) is 12.8 Å². The number of aromatic nitrogens is 3. The molecule has 1 aromatic carbocycles. The number of nitrogens with zero attached hydrogens (tertiary/aromatic N) is 2. The molecular formula is C15H17ClN4O2S. The van der Waals surface area contributed by atoms with Crippen LogP contribution in [0.15, 0.2) is 29.4 Å². The minimum atomic E-state index is -0.226. The van der Waals surface area contributed by atoms with Crippen LogP contribution < -0.4 is 10.1 Å². The number of carbonyl (C=O) groups excluding carboxylic acids is 1. The lowest BCUT2D eigenvalue weighted by Gasteiger charge is -2.08. The molecule has 1 atom stereocenters. The number of halogens is 1. The van der Waals surface area contributed by atoms with Gasteiger partial charge in [-0.3, -0.25) is 9.89 Å². The van der Waals surface area contributed by atoms with Crippen molar-refractivity contribution >= 4 is 29.3 Å². The van der Waals surface area contributed by atoms with Gasteiger partial charge in [0.2, 0.25) is 11.1 Å². The lowest BCUT2D eigenvalue weighted by Crippen LogP contribution is -2.32. The number of rotatable bonds is 7. The zero-order chi connectivity index (χ0) is 16.2. The molecule has 122 valence electrons. The first kappa shape index (κ1) is 16.1. The van der Waals surface area contributed by atoms with E-state index in [9.17, 15) is 4.79 Å². The summed E-state index contributed by atoms with van der Waals surface area (Å²) in [5, 5.41) is 10.9. The molecule has 0 bridgehead atoms. The van der Waals surface area contributed by atoms with Gasteiger partial charge in [-0.1, -0.05) is 23.4 Å².